The summed E-state index contributed by atoms with van der Waals surface area (Å²) in [4.78, 5) is 1.99. The zero-order chi connectivity index (χ0) is 17.5. The van der Waals surface area contributed by atoms with Gasteiger partial charge in [-0.25, -0.2) is 13.1 Å². The van der Waals surface area contributed by atoms with Crippen molar-refractivity contribution in [3.63, 3.8) is 0 Å². The number of benzene rings is 1. The molecule has 1 fully saturated rings. The van der Waals surface area contributed by atoms with Crippen molar-refractivity contribution >= 4 is 33.7 Å². The first-order valence-electron chi connectivity index (χ1n) is 7.58. The molecular weight excluding hydrogens is 368 g/mol. The summed E-state index contributed by atoms with van der Waals surface area (Å²) >= 11 is 11.7. The molecule has 1 aromatic heterocycles. The van der Waals surface area contributed by atoms with Crippen LogP contribution in [0.5, 0.6) is 0 Å². The lowest BCUT2D eigenvalue weighted by Gasteiger charge is -2.22. The van der Waals surface area contributed by atoms with Crippen LogP contribution in [0.15, 0.2) is 24.3 Å². The van der Waals surface area contributed by atoms with E-state index in [0.717, 1.165) is 5.56 Å². The van der Waals surface area contributed by atoms with Gasteiger partial charge in [-0.3, -0.25) is 4.90 Å². The molecule has 3 rings (SSSR count). The third kappa shape index (κ3) is 3.42. The van der Waals surface area contributed by atoms with Crippen LogP contribution in [0.2, 0.25) is 5.02 Å². The number of hydrogen-bond donors (Lipinski definition) is 0. The molecule has 24 heavy (non-hydrogen) atoms. The van der Waals surface area contributed by atoms with Crippen LogP contribution in [0.4, 0.5) is 0 Å². The van der Waals surface area contributed by atoms with Crippen LogP contribution in [0.25, 0.3) is 11.4 Å². The molecule has 0 spiro atoms. The van der Waals surface area contributed by atoms with Crippen molar-refractivity contribution in [1.29, 1.82) is 0 Å². The fraction of sp³-hybridized carbons (Fsp3) is 0.467. The monoisotopic (exact) mass is 386 g/mol. The van der Waals surface area contributed by atoms with Crippen molar-refractivity contribution in [2.24, 2.45) is 7.05 Å². The predicted molar refractivity (Wildman–Crippen MR) is 97.3 cm³/mol. The van der Waals surface area contributed by atoms with Gasteiger partial charge >= 0.3 is 0 Å². The lowest BCUT2D eigenvalue weighted by Crippen LogP contribution is -2.34. The van der Waals surface area contributed by atoms with Crippen LogP contribution < -0.4 is 0 Å². The molecular formula is C15H19ClN4O2S2. The minimum atomic E-state index is -2.91. The molecule has 1 aromatic carbocycles. The molecule has 1 aliphatic rings. The van der Waals surface area contributed by atoms with Crippen LogP contribution >= 0.6 is 23.8 Å². The Hall–Kier alpha value is -1.22. The van der Waals surface area contributed by atoms with E-state index in [-0.39, 0.29) is 17.5 Å². The van der Waals surface area contributed by atoms with Gasteiger partial charge in [0.1, 0.15) is 0 Å². The summed E-state index contributed by atoms with van der Waals surface area (Å²) < 4.78 is 27.4. The molecule has 130 valence electrons. The summed E-state index contributed by atoms with van der Waals surface area (Å²) in [5.41, 5.74) is 0.817. The topological polar surface area (TPSA) is 60.1 Å². The zero-order valence-electron chi connectivity index (χ0n) is 13.5. The molecule has 0 amide bonds. The zero-order valence-corrected chi connectivity index (χ0v) is 15.9. The first-order valence-corrected chi connectivity index (χ1v) is 10.2. The average Bonchev–Trinajstić information content (AvgIpc) is 3.02. The molecule has 0 N–H and O–H groups in total. The second-order valence-corrected chi connectivity index (χ2v) is 9.10. The van der Waals surface area contributed by atoms with E-state index in [1.54, 1.807) is 4.68 Å². The van der Waals surface area contributed by atoms with E-state index >= 15 is 0 Å². The maximum absolute atomic E-state index is 11.7. The van der Waals surface area contributed by atoms with Crippen molar-refractivity contribution in [3.05, 3.63) is 34.1 Å². The number of aromatic nitrogens is 3. The van der Waals surface area contributed by atoms with Crippen LogP contribution in [-0.4, -0.2) is 52.3 Å². The Bertz CT molecular complexity index is 920. The van der Waals surface area contributed by atoms with Crippen molar-refractivity contribution in [1.82, 2.24) is 19.2 Å². The minimum Gasteiger partial charge on any atom is -0.303 e. The average molecular weight is 387 g/mol. The predicted octanol–water partition coefficient (Wildman–Crippen LogP) is 2.35. The van der Waals surface area contributed by atoms with Crippen LogP contribution in [-0.2, 0) is 23.6 Å². The van der Waals surface area contributed by atoms with E-state index in [0.29, 0.717) is 28.7 Å². The summed E-state index contributed by atoms with van der Waals surface area (Å²) in [6.07, 6.45) is 0.649. The normalized spacial score (nSPS) is 19.9. The number of hydrogen-bond acceptors (Lipinski definition) is 5. The maximum Gasteiger partial charge on any atom is 0.199 e. The van der Waals surface area contributed by atoms with Gasteiger partial charge in [0.2, 0.25) is 0 Å². The summed E-state index contributed by atoms with van der Waals surface area (Å²) in [6, 6.07) is 7.48. The minimum absolute atomic E-state index is 0.00247. The van der Waals surface area contributed by atoms with E-state index in [4.69, 9.17) is 23.8 Å². The third-order valence-electron chi connectivity index (χ3n) is 4.34. The highest BCUT2D eigenvalue weighted by atomic mass is 35.5. The van der Waals surface area contributed by atoms with Crippen molar-refractivity contribution in [2.45, 2.75) is 19.1 Å². The molecule has 9 heteroatoms. The fourth-order valence-corrected chi connectivity index (χ4v) is 5.12. The van der Waals surface area contributed by atoms with Crippen molar-refractivity contribution in [2.75, 3.05) is 18.6 Å². The Morgan fingerprint density at radius 1 is 1.42 bits per heavy atom. The van der Waals surface area contributed by atoms with Gasteiger partial charge < -0.3 is 4.57 Å². The number of rotatable bonds is 4. The highest BCUT2D eigenvalue weighted by Crippen LogP contribution is 2.26. The molecule has 1 atom stereocenters. The Morgan fingerprint density at radius 2 is 2.12 bits per heavy atom. The summed E-state index contributed by atoms with van der Waals surface area (Å²) in [5, 5.41) is 5.20. The highest BCUT2D eigenvalue weighted by Gasteiger charge is 2.31. The SMILES string of the molecule is CN(Cn1nc(-c2ccccc2Cl)n(C)c1=S)[C@H]1CCS(=O)(=O)C1. The summed E-state index contributed by atoms with van der Waals surface area (Å²) in [6.45, 7) is 0.442. The Labute approximate surface area is 151 Å². The Balaban J connectivity index is 1.87. The first kappa shape index (κ1) is 17.6. The number of nitrogens with zero attached hydrogens (tertiary/aromatic N) is 4. The first-order chi connectivity index (χ1) is 11.3. The lowest BCUT2D eigenvalue weighted by atomic mass is 10.2. The van der Waals surface area contributed by atoms with Gasteiger partial charge in [-0.1, -0.05) is 23.7 Å². The molecule has 1 saturated heterocycles. The molecule has 0 bridgehead atoms. The van der Waals surface area contributed by atoms with Crippen molar-refractivity contribution < 1.29 is 8.42 Å². The van der Waals surface area contributed by atoms with Gasteiger partial charge in [0.25, 0.3) is 0 Å². The van der Waals surface area contributed by atoms with Crippen LogP contribution in [0, 0.1) is 4.77 Å². The molecule has 0 radical (unpaired) electrons. The second-order valence-electron chi connectivity index (χ2n) is 6.10. The van der Waals surface area contributed by atoms with Gasteiger partial charge in [-0.2, -0.15) is 5.10 Å². The second kappa shape index (κ2) is 6.59. The molecule has 6 nitrogen and oxygen atoms in total. The fourth-order valence-electron chi connectivity index (χ4n) is 2.91. The summed E-state index contributed by atoms with van der Waals surface area (Å²) in [5.74, 6) is 1.14. The van der Waals surface area contributed by atoms with Gasteiger partial charge in [-0.05, 0) is 37.8 Å². The van der Waals surface area contributed by atoms with E-state index in [9.17, 15) is 8.42 Å². The molecule has 1 aliphatic heterocycles. The Kier molecular flexibility index (Phi) is 4.83. The molecule has 2 heterocycles. The molecule has 0 aliphatic carbocycles. The molecule has 2 aromatic rings. The van der Waals surface area contributed by atoms with Crippen molar-refractivity contribution in [3.8, 4) is 11.4 Å². The smallest absolute Gasteiger partial charge is 0.199 e. The van der Waals surface area contributed by atoms with Gasteiger partial charge in [0.15, 0.2) is 20.4 Å². The summed E-state index contributed by atoms with van der Waals surface area (Å²) in [7, 11) is 0.837. The van der Waals surface area contributed by atoms with Gasteiger partial charge in [0.05, 0.1) is 23.2 Å². The lowest BCUT2D eigenvalue weighted by molar-refractivity contribution is 0.196. The Morgan fingerprint density at radius 3 is 2.75 bits per heavy atom. The standard InChI is InChI=1S/C15H19ClN4O2S2/c1-18(11-7-8-24(21,22)9-11)10-20-15(23)19(2)14(17-20)12-5-3-4-6-13(12)16/h3-6,11H,7-10H2,1-2H3/t11-/m0/s1. The van der Waals surface area contributed by atoms with E-state index in [2.05, 4.69) is 5.10 Å². The molecule has 0 unspecified atom stereocenters. The van der Waals surface area contributed by atoms with Crippen LogP contribution in [0.3, 0.4) is 0 Å². The largest absolute Gasteiger partial charge is 0.303 e. The quantitative estimate of drug-likeness (QED) is 0.755. The van der Waals surface area contributed by atoms with Crippen LogP contribution in [0.1, 0.15) is 6.42 Å². The van der Waals surface area contributed by atoms with E-state index < -0.39 is 9.84 Å². The number of sulfone groups is 1. The van der Waals surface area contributed by atoms with E-state index in [1.165, 1.54) is 0 Å². The number of halogens is 1. The van der Waals surface area contributed by atoms with E-state index in [1.807, 2.05) is 47.8 Å². The highest BCUT2D eigenvalue weighted by molar-refractivity contribution is 7.91. The third-order valence-corrected chi connectivity index (χ3v) is 6.91. The maximum atomic E-state index is 11.7. The van der Waals surface area contributed by atoms with Gasteiger partial charge in [0, 0.05) is 18.7 Å². The molecule has 0 saturated carbocycles. The van der Waals surface area contributed by atoms with Gasteiger partial charge in [-0.15, -0.1) is 0 Å².